The van der Waals surface area contributed by atoms with Gasteiger partial charge < -0.3 is 14.2 Å². The predicted octanol–water partition coefficient (Wildman–Crippen LogP) is 2.29. The van der Waals surface area contributed by atoms with Gasteiger partial charge >= 0.3 is 0 Å². The Bertz CT molecular complexity index is 826. The van der Waals surface area contributed by atoms with Gasteiger partial charge in [0.05, 0.1) is 17.1 Å². The van der Waals surface area contributed by atoms with Crippen LogP contribution in [-0.2, 0) is 11.3 Å². The third kappa shape index (κ3) is 3.27. The van der Waals surface area contributed by atoms with Crippen LogP contribution >= 0.6 is 0 Å². The van der Waals surface area contributed by atoms with Gasteiger partial charge in [-0.15, -0.1) is 0 Å². The van der Waals surface area contributed by atoms with Gasteiger partial charge in [-0.1, -0.05) is 5.16 Å². The van der Waals surface area contributed by atoms with Crippen molar-refractivity contribution in [2.45, 2.75) is 25.6 Å². The third-order valence-corrected chi connectivity index (χ3v) is 4.30. The number of aromatic nitrogens is 4. The van der Waals surface area contributed by atoms with Crippen LogP contribution in [0.1, 0.15) is 18.7 Å². The van der Waals surface area contributed by atoms with Gasteiger partial charge in [0.25, 0.3) is 5.89 Å². The van der Waals surface area contributed by atoms with Gasteiger partial charge in [0.2, 0.25) is 5.82 Å². The number of rotatable bonds is 4. The SMILES string of the molecule is CN1CCC(OCc2nc(-c3ccc4nccnc4c3)no2)CC1. The average molecular weight is 325 g/mol. The molecule has 0 spiro atoms. The zero-order valence-corrected chi connectivity index (χ0v) is 13.6. The van der Waals surface area contributed by atoms with Crippen LogP contribution in [0.15, 0.2) is 35.1 Å². The van der Waals surface area contributed by atoms with E-state index in [4.69, 9.17) is 9.26 Å². The first-order valence-corrected chi connectivity index (χ1v) is 8.12. The fraction of sp³-hybridized carbons (Fsp3) is 0.412. The summed E-state index contributed by atoms with van der Waals surface area (Å²) in [5.74, 6) is 1.05. The Morgan fingerprint density at radius 1 is 1.17 bits per heavy atom. The molecule has 0 saturated carbocycles. The number of likely N-dealkylation sites (tertiary alicyclic amines) is 1. The van der Waals surface area contributed by atoms with Gasteiger partial charge in [0.15, 0.2) is 0 Å². The van der Waals surface area contributed by atoms with E-state index in [-0.39, 0.29) is 6.10 Å². The number of benzene rings is 1. The molecule has 3 heterocycles. The van der Waals surface area contributed by atoms with E-state index in [0.29, 0.717) is 18.3 Å². The third-order valence-electron chi connectivity index (χ3n) is 4.30. The number of piperidine rings is 1. The Labute approximate surface area is 139 Å². The van der Waals surface area contributed by atoms with Crippen LogP contribution < -0.4 is 0 Å². The van der Waals surface area contributed by atoms with Gasteiger partial charge in [0.1, 0.15) is 6.61 Å². The van der Waals surface area contributed by atoms with Crippen LogP contribution in [0, 0.1) is 0 Å². The fourth-order valence-electron chi connectivity index (χ4n) is 2.87. The molecule has 4 rings (SSSR count). The van der Waals surface area contributed by atoms with E-state index in [9.17, 15) is 0 Å². The maximum Gasteiger partial charge on any atom is 0.252 e. The maximum atomic E-state index is 5.89. The minimum atomic E-state index is 0.271. The Morgan fingerprint density at radius 3 is 2.79 bits per heavy atom. The van der Waals surface area contributed by atoms with Gasteiger partial charge in [-0.2, -0.15) is 4.98 Å². The first-order chi connectivity index (χ1) is 11.8. The molecule has 2 aromatic heterocycles. The molecule has 0 atom stereocenters. The Balaban J connectivity index is 1.43. The molecule has 7 nitrogen and oxygen atoms in total. The number of hydrogen-bond donors (Lipinski definition) is 0. The molecule has 0 bridgehead atoms. The second-order valence-corrected chi connectivity index (χ2v) is 6.09. The van der Waals surface area contributed by atoms with Crippen LogP contribution in [0.4, 0.5) is 0 Å². The first-order valence-electron chi connectivity index (χ1n) is 8.12. The summed E-state index contributed by atoms with van der Waals surface area (Å²) in [5, 5.41) is 4.05. The lowest BCUT2D eigenvalue weighted by molar-refractivity contribution is -0.00830. The molecule has 0 N–H and O–H groups in total. The Kier molecular flexibility index (Phi) is 4.18. The zero-order valence-electron chi connectivity index (χ0n) is 13.6. The summed E-state index contributed by atoms with van der Waals surface area (Å²) in [6.07, 6.45) is 5.70. The summed E-state index contributed by atoms with van der Waals surface area (Å²) in [6, 6.07) is 5.74. The molecule has 7 heteroatoms. The topological polar surface area (TPSA) is 77.2 Å². The normalized spacial score (nSPS) is 16.7. The van der Waals surface area contributed by atoms with Crippen molar-refractivity contribution in [1.82, 2.24) is 25.0 Å². The molecule has 3 aromatic rings. The fourth-order valence-corrected chi connectivity index (χ4v) is 2.87. The van der Waals surface area contributed by atoms with Crippen molar-refractivity contribution in [2.24, 2.45) is 0 Å². The van der Waals surface area contributed by atoms with Crippen LogP contribution in [0.2, 0.25) is 0 Å². The number of nitrogens with zero attached hydrogens (tertiary/aromatic N) is 5. The second kappa shape index (κ2) is 6.62. The van der Waals surface area contributed by atoms with E-state index in [2.05, 4.69) is 32.1 Å². The molecule has 1 aliphatic heterocycles. The quantitative estimate of drug-likeness (QED) is 0.728. The van der Waals surface area contributed by atoms with E-state index in [1.165, 1.54) is 0 Å². The molecule has 1 aromatic carbocycles. The molecular weight excluding hydrogens is 306 g/mol. The largest absolute Gasteiger partial charge is 0.368 e. The van der Waals surface area contributed by atoms with E-state index in [1.807, 2.05) is 18.2 Å². The highest BCUT2D eigenvalue weighted by Gasteiger charge is 2.18. The minimum Gasteiger partial charge on any atom is -0.368 e. The van der Waals surface area contributed by atoms with Crippen molar-refractivity contribution in [1.29, 1.82) is 0 Å². The van der Waals surface area contributed by atoms with Gasteiger partial charge in [-0.25, -0.2) is 0 Å². The predicted molar refractivity (Wildman–Crippen MR) is 88.1 cm³/mol. The summed E-state index contributed by atoms with van der Waals surface area (Å²) in [7, 11) is 2.13. The van der Waals surface area contributed by atoms with Crippen molar-refractivity contribution in [2.75, 3.05) is 20.1 Å². The molecule has 0 aliphatic carbocycles. The molecule has 1 fully saturated rings. The highest BCUT2D eigenvalue weighted by atomic mass is 16.5. The highest BCUT2D eigenvalue weighted by molar-refractivity contribution is 5.79. The van der Waals surface area contributed by atoms with E-state index in [1.54, 1.807) is 12.4 Å². The van der Waals surface area contributed by atoms with Crippen LogP contribution in [0.3, 0.4) is 0 Å². The van der Waals surface area contributed by atoms with E-state index < -0.39 is 0 Å². The lowest BCUT2D eigenvalue weighted by Gasteiger charge is -2.28. The van der Waals surface area contributed by atoms with Crippen molar-refractivity contribution >= 4 is 11.0 Å². The van der Waals surface area contributed by atoms with Crippen LogP contribution in [-0.4, -0.2) is 51.2 Å². The van der Waals surface area contributed by atoms with Crippen molar-refractivity contribution < 1.29 is 9.26 Å². The van der Waals surface area contributed by atoms with E-state index >= 15 is 0 Å². The van der Waals surface area contributed by atoms with Gasteiger partial charge in [-0.05, 0) is 38.1 Å². The first kappa shape index (κ1) is 15.2. The number of fused-ring (bicyclic) bond motifs is 1. The molecule has 1 aliphatic rings. The van der Waals surface area contributed by atoms with Gasteiger partial charge in [0, 0.05) is 31.0 Å². The van der Waals surface area contributed by atoms with Crippen LogP contribution in [0.5, 0.6) is 0 Å². The Hall–Kier alpha value is -2.38. The Morgan fingerprint density at radius 2 is 1.96 bits per heavy atom. The van der Waals surface area contributed by atoms with Gasteiger partial charge in [-0.3, -0.25) is 9.97 Å². The molecule has 0 radical (unpaired) electrons. The number of ether oxygens (including phenoxy) is 1. The molecule has 0 unspecified atom stereocenters. The van der Waals surface area contributed by atoms with E-state index in [0.717, 1.165) is 42.5 Å². The van der Waals surface area contributed by atoms with Crippen molar-refractivity contribution in [3.63, 3.8) is 0 Å². The lowest BCUT2D eigenvalue weighted by Crippen LogP contribution is -2.34. The maximum absolute atomic E-state index is 5.89. The smallest absolute Gasteiger partial charge is 0.252 e. The molecular formula is C17H19N5O2. The monoisotopic (exact) mass is 325 g/mol. The standard InChI is InChI=1S/C17H19N5O2/c1-22-8-4-13(5-9-22)23-11-16-20-17(21-24-16)12-2-3-14-15(10-12)19-7-6-18-14/h2-3,6-7,10,13H,4-5,8-9,11H2,1H3. The lowest BCUT2D eigenvalue weighted by atomic mass is 10.1. The summed E-state index contributed by atoms with van der Waals surface area (Å²) < 4.78 is 11.2. The molecule has 0 amide bonds. The number of hydrogen-bond acceptors (Lipinski definition) is 7. The highest BCUT2D eigenvalue weighted by Crippen LogP contribution is 2.21. The summed E-state index contributed by atoms with van der Waals surface area (Å²) >= 11 is 0. The summed E-state index contributed by atoms with van der Waals surface area (Å²) in [4.78, 5) is 15.3. The second-order valence-electron chi connectivity index (χ2n) is 6.09. The summed E-state index contributed by atoms with van der Waals surface area (Å²) in [6.45, 7) is 2.49. The van der Waals surface area contributed by atoms with Crippen LogP contribution in [0.25, 0.3) is 22.4 Å². The van der Waals surface area contributed by atoms with Crippen molar-refractivity contribution in [3.05, 3.63) is 36.5 Å². The molecule has 1 saturated heterocycles. The van der Waals surface area contributed by atoms with Crippen molar-refractivity contribution in [3.8, 4) is 11.4 Å². The zero-order chi connectivity index (χ0) is 16.4. The molecule has 24 heavy (non-hydrogen) atoms. The minimum absolute atomic E-state index is 0.271. The molecule has 124 valence electrons. The summed E-state index contributed by atoms with van der Waals surface area (Å²) in [5.41, 5.74) is 2.51. The average Bonchev–Trinajstić information content (AvgIpc) is 3.10.